The highest BCUT2D eigenvalue weighted by molar-refractivity contribution is 4.90. The minimum absolute atomic E-state index is 0.665. The summed E-state index contributed by atoms with van der Waals surface area (Å²) < 4.78 is 0. The summed E-state index contributed by atoms with van der Waals surface area (Å²) in [4.78, 5) is 2.62. The summed E-state index contributed by atoms with van der Waals surface area (Å²) in [5.41, 5.74) is 5.95. The van der Waals surface area contributed by atoms with Crippen molar-refractivity contribution in [1.82, 2.24) is 4.90 Å². The first-order chi connectivity index (χ1) is 7.72. The zero-order valence-corrected chi connectivity index (χ0v) is 11.0. The molecule has 0 aromatic rings. The fourth-order valence-electron chi connectivity index (χ4n) is 3.32. The van der Waals surface area contributed by atoms with E-state index in [0.717, 1.165) is 24.4 Å². The summed E-state index contributed by atoms with van der Waals surface area (Å²) in [7, 11) is 2.32. The van der Waals surface area contributed by atoms with Crippen molar-refractivity contribution >= 4 is 0 Å². The fraction of sp³-hybridized carbons (Fsp3) is 1.00. The molecule has 0 aliphatic heterocycles. The van der Waals surface area contributed by atoms with Gasteiger partial charge in [0, 0.05) is 18.6 Å². The van der Waals surface area contributed by atoms with Gasteiger partial charge in [-0.1, -0.05) is 19.8 Å². The summed E-state index contributed by atoms with van der Waals surface area (Å²) in [6.07, 6.45) is 9.87. The zero-order valence-electron chi connectivity index (χ0n) is 11.0. The summed E-state index contributed by atoms with van der Waals surface area (Å²) >= 11 is 0. The molecule has 0 aromatic carbocycles. The van der Waals surface area contributed by atoms with Crippen molar-refractivity contribution in [1.29, 1.82) is 0 Å². The third kappa shape index (κ3) is 2.98. The van der Waals surface area contributed by atoms with E-state index in [-0.39, 0.29) is 0 Å². The molecule has 0 aromatic heterocycles. The highest BCUT2D eigenvalue weighted by Crippen LogP contribution is 2.36. The average Bonchev–Trinajstić information content (AvgIpc) is 3.07. The van der Waals surface area contributed by atoms with Gasteiger partial charge in [-0.05, 0) is 51.0 Å². The maximum absolute atomic E-state index is 5.95. The molecule has 0 radical (unpaired) electrons. The Kier molecular flexibility index (Phi) is 4.26. The zero-order chi connectivity index (χ0) is 11.5. The van der Waals surface area contributed by atoms with Gasteiger partial charge in [-0.3, -0.25) is 4.90 Å². The smallest absolute Gasteiger partial charge is 0.0246 e. The number of hydrogen-bond acceptors (Lipinski definition) is 2. The Labute approximate surface area is 101 Å². The van der Waals surface area contributed by atoms with Gasteiger partial charge in [0.05, 0.1) is 0 Å². The number of rotatable bonds is 4. The van der Waals surface area contributed by atoms with Crippen LogP contribution in [0.5, 0.6) is 0 Å². The van der Waals surface area contributed by atoms with Crippen molar-refractivity contribution in [2.24, 2.45) is 17.6 Å². The number of nitrogens with two attached hydrogens (primary N) is 1. The van der Waals surface area contributed by atoms with Crippen LogP contribution in [0.25, 0.3) is 0 Å². The second kappa shape index (κ2) is 5.50. The van der Waals surface area contributed by atoms with Gasteiger partial charge < -0.3 is 5.73 Å². The van der Waals surface area contributed by atoms with Crippen LogP contribution in [0.2, 0.25) is 0 Å². The van der Waals surface area contributed by atoms with Crippen molar-refractivity contribution in [2.45, 2.75) is 64.0 Å². The topological polar surface area (TPSA) is 29.3 Å². The second-order valence-electron chi connectivity index (χ2n) is 6.07. The molecule has 94 valence electrons. The largest absolute Gasteiger partial charge is 0.329 e. The van der Waals surface area contributed by atoms with Crippen molar-refractivity contribution in [3.8, 4) is 0 Å². The molecule has 2 heteroatoms. The third-order valence-electron chi connectivity index (χ3n) is 4.73. The van der Waals surface area contributed by atoms with E-state index in [1.54, 1.807) is 0 Å². The lowest BCUT2D eigenvalue weighted by Gasteiger charge is -2.34. The van der Waals surface area contributed by atoms with Crippen molar-refractivity contribution in [3.63, 3.8) is 0 Å². The molecule has 2 aliphatic carbocycles. The molecule has 3 atom stereocenters. The normalized spacial score (nSPS) is 33.8. The van der Waals surface area contributed by atoms with E-state index in [2.05, 4.69) is 18.9 Å². The summed E-state index contributed by atoms with van der Waals surface area (Å²) in [6, 6.07) is 1.47. The third-order valence-corrected chi connectivity index (χ3v) is 4.73. The van der Waals surface area contributed by atoms with Gasteiger partial charge in [0.25, 0.3) is 0 Å². The Morgan fingerprint density at radius 2 is 1.88 bits per heavy atom. The first-order valence-corrected chi connectivity index (χ1v) is 7.14. The van der Waals surface area contributed by atoms with Crippen LogP contribution < -0.4 is 5.73 Å². The van der Waals surface area contributed by atoms with Crippen molar-refractivity contribution in [2.75, 3.05) is 13.6 Å². The van der Waals surface area contributed by atoms with E-state index in [0.29, 0.717) is 6.04 Å². The van der Waals surface area contributed by atoms with Gasteiger partial charge in [0.15, 0.2) is 0 Å². The Morgan fingerprint density at radius 1 is 1.12 bits per heavy atom. The molecule has 0 spiro atoms. The van der Waals surface area contributed by atoms with Gasteiger partial charge in [-0.2, -0.15) is 0 Å². The molecule has 0 bridgehead atoms. The fourth-order valence-corrected chi connectivity index (χ4v) is 3.32. The summed E-state index contributed by atoms with van der Waals surface area (Å²) in [6.45, 7) is 3.26. The van der Waals surface area contributed by atoms with Crippen LogP contribution in [-0.4, -0.2) is 30.6 Å². The minimum Gasteiger partial charge on any atom is -0.329 e. The van der Waals surface area contributed by atoms with Crippen molar-refractivity contribution < 1.29 is 0 Å². The molecular weight excluding hydrogens is 196 g/mol. The van der Waals surface area contributed by atoms with E-state index in [1.165, 1.54) is 44.9 Å². The highest BCUT2D eigenvalue weighted by Gasteiger charge is 2.35. The molecule has 2 saturated carbocycles. The predicted molar refractivity (Wildman–Crippen MR) is 69.4 cm³/mol. The Morgan fingerprint density at radius 3 is 2.50 bits per heavy atom. The van der Waals surface area contributed by atoms with Gasteiger partial charge in [0.2, 0.25) is 0 Å². The molecule has 0 saturated heterocycles. The molecule has 2 rings (SSSR count). The molecular formula is C14H28N2. The predicted octanol–water partition coefficient (Wildman–Crippen LogP) is 2.62. The van der Waals surface area contributed by atoms with Crippen LogP contribution in [0.4, 0.5) is 0 Å². The number of hydrogen-bond donors (Lipinski definition) is 1. The maximum Gasteiger partial charge on any atom is 0.0246 e. The van der Waals surface area contributed by atoms with Crippen molar-refractivity contribution in [3.05, 3.63) is 0 Å². The molecule has 2 fully saturated rings. The summed E-state index contributed by atoms with van der Waals surface area (Å²) in [5.74, 6) is 1.85. The number of likely N-dealkylation sites (N-methyl/N-ethyl adjacent to an activating group) is 1. The Bertz CT molecular complexity index is 213. The minimum atomic E-state index is 0.665. The lowest BCUT2D eigenvalue weighted by Crippen LogP contribution is -2.45. The monoisotopic (exact) mass is 224 g/mol. The van der Waals surface area contributed by atoms with Crippen LogP contribution in [-0.2, 0) is 0 Å². The molecule has 3 unspecified atom stereocenters. The highest BCUT2D eigenvalue weighted by atomic mass is 15.2. The quantitative estimate of drug-likeness (QED) is 0.744. The van der Waals surface area contributed by atoms with Gasteiger partial charge >= 0.3 is 0 Å². The van der Waals surface area contributed by atoms with E-state index in [9.17, 15) is 0 Å². The van der Waals surface area contributed by atoms with Gasteiger partial charge in [-0.15, -0.1) is 0 Å². The van der Waals surface area contributed by atoms with Crippen LogP contribution in [0.3, 0.4) is 0 Å². The first-order valence-electron chi connectivity index (χ1n) is 7.14. The Balaban J connectivity index is 1.88. The SMILES string of the molecule is CC1CCCC(N(C)C(CN)C2CC2)CC1. The molecule has 16 heavy (non-hydrogen) atoms. The summed E-state index contributed by atoms with van der Waals surface area (Å²) in [5, 5.41) is 0. The lowest BCUT2D eigenvalue weighted by atomic mass is 10.0. The second-order valence-corrected chi connectivity index (χ2v) is 6.07. The van der Waals surface area contributed by atoms with Gasteiger partial charge in [0.1, 0.15) is 0 Å². The molecule has 0 amide bonds. The molecule has 2 nitrogen and oxygen atoms in total. The molecule has 2 aliphatic rings. The van der Waals surface area contributed by atoms with Gasteiger partial charge in [-0.25, -0.2) is 0 Å². The van der Waals surface area contributed by atoms with Crippen LogP contribution in [0.1, 0.15) is 51.9 Å². The van der Waals surface area contributed by atoms with E-state index in [1.807, 2.05) is 0 Å². The Hall–Kier alpha value is -0.0800. The van der Waals surface area contributed by atoms with Crippen LogP contribution in [0.15, 0.2) is 0 Å². The van der Waals surface area contributed by atoms with E-state index >= 15 is 0 Å². The molecule has 0 heterocycles. The maximum atomic E-state index is 5.95. The standard InChI is InChI=1S/C14H28N2/c1-11-4-3-5-13(9-6-11)16(2)14(10-15)12-7-8-12/h11-14H,3-10,15H2,1-2H3. The number of nitrogens with zero attached hydrogens (tertiary/aromatic N) is 1. The van der Waals surface area contributed by atoms with Crippen LogP contribution in [0, 0.1) is 11.8 Å². The first kappa shape index (κ1) is 12.4. The lowest BCUT2D eigenvalue weighted by molar-refractivity contribution is 0.144. The van der Waals surface area contributed by atoms with E-state index in [4.69, 9.17) is 5.73 Å². The van der Waals surface area contributed by atoms with Crippen LogP contribution >= 0.6 is 0 Å². The molecule has 2 N–H and O–H groups in total. The average molecular weight is 224 g/mol. The van der Waals surface area contributed by atoms with E-state index < -0.39 is 0 Å².